The Morgan fingerprint density at radius 1 is 0.893 bits per heavy atom. The zero-order chi connectivity index (χ0) is 19.9. The second-order valence-corrected chi connectivity index (χ2v) is 6.28. The molecule has 5 heteroatoms. The van der Waals surface area contributed by atoms with Gasteiger partial charge in [-0.2, -0.15) is 0 Å². The topological polar surface area (TPSA) is 67.8 Å². The highest BCUT2D eigenvalue weighted by Gasteiger charge is 2.14. The van der Waals surface area contributed by atoms with Gasteiger partial charge in [0.1, 0.15) is 0 Å². The van der Waals surface area contributed by atoms with E-state index in [9.17, 15) is 9.90 Å². The van der Waals surface area contributed by atoms with Crippen LogP contribution in [0.4, 0.5) is 0 Å². The summed E-state index contributed by atoms with van der Waals surface area (Å²) in [7, 11) is 3.09. The van der Waals surface area contributed by atoms with Gasteiger partial charge in [0.15, 0.2) is 11.5 Å². The molecule has 1 unspecified atom stereocenters. The number of rotatable bonds is 7. The molecule has 0 bridgehead atoms. The Morgan fingerprint density at radius 2 is 1.54 bits per heavy atom. The number of hydrogen-bond donors (Lipinski definition) is 2. The van der Waals surface area contributed by atoms with Crippen LogP contribution in [0.2, 0.25) is 0 Å². The summed E-state index contributed by atoms with van der Waals surface area (Å²) in [5.41, 5.74) is 3.32. The van der Waals surface area contributed by atoms with E-state index in [0.717, 1.165) is 11.1 Å². The number of nitrogens with one attached hydrogen (secondary N) is 1. The molecular formula is C23H23NO4. The van der Waals surface area contributed by atoms with Crippen LogP contribution in [0.5, 0.6) is 11.5 Å². The van der Waals surface area contributed by atoms with Gasteiger partial charge in [-0.15, -0.1) is 0 Å². The first kappa shape index (κ1) is 19.5. The number of amides is 1. The Balaban J connectivity index is 1.62. The molecule has 0 aliphatic rings. The van der Waals surface area contributed by atoms with Crippen LogP contribution in [0.25, 0.3) is 11.1 Å². The van der Waals surface area contributed by atoms with Gasteiger partial charge in [0.05, 0.1) is 20.3 Å². The van der Waals surface area contributed by atoms with Crippen molar-refractivity contribution in [3.8, 4) is 22.6 Å². The molecule has 144 valence electrons. The molecule has 3 aromatic carbocycles. The standard InChI is InChI=1S/C23H23NO4/c1-27-21-13-12-19(14-22(21)28-2)20(25)15-24-23(26)18-10-8-17(9-11-18)16-6-4-3-5-7-16/h3-14,20,25H,15H2,1-2H3,(H,24,26). The summed E-state index contributed by atoms with van der Waals surface area (Å²) in [4.78, 5) is 12.4. The molecule has 2 N–H and O–H groups in total. The molecule has 0 aromatic heterocycles. The third kappa shape index (κ3) is 4.50. The maximum absolute atomic E-state index is 12.4. The molecule has 0 aliphatic carbocycles. The molecule has 3 rings (SSSR count). The molecular weight excluding hydrogens is 354 g/mol. The van der Waals surface area contributed by atoms with Gasteiger partial charge in [-0.05, 0) is 41.0 Å². The minimum atomic E-state index is -0.854. The van der Waals surface area contributed by atoms with Gasteiger partial charge >= 0.3 is 0 Å². The highest BCUT2D eigenvalue weighted by atomic mass is 16.5. The molecule has 5 nitrogen and oxygen atoms in total. The molecule has 0 spiro atoms. The summed E-state index contributed by atoms with van der Waals surface area (Å²) in [6.07, 6.45) is -0.854. The van der Waals surface area contributed by atoms with Crippen molar-refractivity contribution in [3.63, 3.8) is 0 Å². The summed E-state index contributed by atoms with van der Waals surface area (Å²) in [5, 5.41) is 13.1. The highest BCUT2D eigenvalue weighted by Crippen LogP contribution is 2.29. The average molecular weight is 377 g/mol. The van der Waals surface area contributed by atoms with Crippen molar-refractivity contribution in [1.29, 1.82) is 0 Å². The summed E-state index contributed by atoms with van der Waals surface area (Å²) in [6.45, 7) is 0.0920. The number of ether oxygens (including phenoxy) is 2. The molecule has 1 amide bonds. The normalized spacial score (nSPS) is 11.5. The van der Waals surface area contributed by atoms with Crippen LogP contribution in [-0.2, 0) is 0 Å². The van der Waals surface area contributed by atoms with Gasteiger partial charge in [-0.25, -0.2) is 0 Å². The van der Waals surface area contributed by atoms with Gasteiger partial charge < -0.3 is 19.9 Å². The number of benzene rings is 3. The van der Waals surface area contributed by atoms with E-state index in [0.29, 0.717) is 22.6 Å². The lowest BCUT2D eigenvalue weighted by Crippen LogP contribution is -2.28. The van der Waals surface area contributed by atoms with E-state index >= 15 is 0 Å². The van der Waals surface area contributed by atoms with Gasteiger partial charge in [0, 0.05) is 12.1 Å². The number of carbonyl (C=O) groups excluding carboxylic acids is 1. The average Bonchev–Trinajstić information content (AvgIpc) is 2.77. The van der Waals surface area contributed by atoms with E-state index in [1.165, 1.54) is 7.11 Å². The zero-order valence-electron chi connectivity index (χ0n) is 15.9. The van der Waals surface area contributed by atoms with E-state index in [1.54, 1.807) is 37.4 Å². The predicted octanol–water partition coefficient (Wildman–Crippen LogP) is 3.83. The number of aliphatic hydroxyl groups excluding tert-OH is 1. The third-order valence-corrected chi connectivity index (χ3v) is 4.50. The predicted molar refractivity (Wildman–Crippen MR) is 109 cm³/mol. The van der Waals surface area contributed by atoms with E-state index < -0.39 is 6.10 Å². The molecule has 3 aromatic rings. The number of methoxy groups -OCH3 is 2. The molecule has 0 saturated heterocycles. The van der Waals surface area contributed by atoms with Crippen molar-refractivity contribution in [3.05, 3.63) is 83.9 Å². The molecule has 0 aliphatic heterocycles. The first-order valence-electron chi connectivity index (χ1n) is 8.96. The minimum Gasteiger partial charge on any atom is -0.493 e. The maximum Gasteiger partial charge on any atom is 0.251 e. The van der Waals surface area contributed by atoms with E-state index in [-0.39, 0.29) is 12.5 Å². The fourth-order valence-corrected chi connectivity index (χ4v) is 2.91. The zero-order valence-corrected chi connectivity index (χ0v) is 15.9. The van der Waals surface area contributed by atoms with Crippen LogP contribution in [0.1, 0.15) is 22.0 Å². The van der Waals surface area contributed by atoms with Gasteiger partial charge in [-0.3, -0.25) is 4.79 Å². The van der Waals surface area contributed by atoms with Gasteiger partial charge in [-0.1, -0.05) is 48.5 Å². The summed E-state index contributed by atoms with van der Waals surface area (Å²) < 4.78 is 10.4. The first-order chi connectivity index (χ1) is 13.6. The van der Waals surface area contributed by atoms with E-state index in [4.69, 9.17) is 9.47 Å². The van der Waals surface area contributed by atoms with Crippen LogP contribution in [0.3, 0.4) is 0 Å². The molecule has 0 heterocycles. The number of hydrogen-bond acceptors (Lipinski definition) is 4. The Bertz CT molecular complexity index is 923. The molecule has 0 saturated carbocycles. The Morgan fingerprint density at radius 3 is 2.18 bits per heavy atom. The van der Waals surface area contributed by atoms with Gasteiger partial charge in [0.2, 0.25) is 0 Å². The lowest BCUT2D eigenvalue weighted by Gasteiger charge is -2.15. The largest absolute Gasteiger partial charge is 0.493 e. The Hall–Kier alpha value is -3.31. The Kier molecular flexibility index (Phi) is 6.29. The van der Waals surface area contributed by atoms with Crippen molar-refractivity contribution in [1.82, 2.24) is 5.32 Å². The van der Waals surface area contributed by atoms with Crippen LogP contribution < -0.4 is 14.8 Å². The third-order valence-electron chi connectivity index (χ3n) is 4.50. The van der Waals surface area contributed by atoms with Crippen LogP contribution in [0.15, 0.2) is 72.8 Å². The molecule has 28 heavy (non-hydrogen) atoms. The number of carbonyl (C=O) groups is 1. The molecule has 0 fully saturated rings. The van der Waals surface area contributed by atoms with Crippen LogP contribution >= 0.6 is 0 Å². The summed E-state index contributed by atoms with van der Waals surface area (Å²) >= 11 is 0. The van der Waals surface area contributed by atoms with E-state index in [1.807, 2.05) is 42.5 Å². The highest BCUT2D eigenvalue weighted by molar-refractivity contribution is 5.94. The van der Waals surface area contributed by atoms with Crippen molar-refractivity contribution >= 4 is 5.91 Å². The van der Waals surface area contributed by atoms with Crippen molar-refractivity contribution in [2.24, 2.45) is 0 Å². The van der Waals surface area contributed by atoms with Crippen LogP contribution in [0, 0.1) is 0 Å². The van der Waals surface area contributed by atoms with E-state index in [2.05, 4.69) is 5.32 Å². The smallest absolute Gasteiger partial charge is 0.251 e. The second kappa shape index (κ2) is 9.06. The lowest BCUT2D eigenvalue weighted by molar-refractivity contribution is 0.0916. The SMILES string of the molecule is COc1ccc(C(O)CNC(=O)c2ccc(-c3ccccc3)cc2)cc1OC. The maximum atomic E-state index is 12.4. The van der Waals surface area contributed by atoms with Crippen molar-refractivity contribution < 1.29 is 19.4 Å². The van der Waals surface area contributed by atoms with Gasteiger partial charge in [0.25, 0.3) is 5.91 Å². The van der Waals surface area contributed by atoms with Crippen molar-refractivity contribution in [2.75, 3.05) is 20.8 Å². The summed E-state index contributed by atoms with van der Waals surface area (Å²) in [6, 6.07) is 22.5. The molecule has 1 atom stereocenters. The fraction of sp³-hybridized carbons (Fsp3) is 0.174. The first-order valence-corrected chi connectivity index (χ1v) is 8.96. The monoisotopic (exact) mass is 377 g/mol. The fourth-order valence-electron chi connectivity index (χ4n) is 2.91. The quantitative estimate of drug-likeness (QED) is 0.657. The van der Waals surface area contributed by atoms with Crippen LogP contribution in [-0.4, -0.2) is 31.8 Å². The minimum absolute atomic E-state index is 0.0920. The Labute approximate surface area is 164 Å². The number of aliphatic hydroxyl groups is 1. The lowest BCUT2D eigenvalue weighted by atomic mass is 10.0. The molecule has 0 radical (unpaired) electrons. The summed E-state index contributed by atoms with van der Waals surface area (Å²) in [5.74, 6) is 0.877. The van der Waals surface area contributed by atoms with Crippen molar-refractivity contribution in [2.45, 2.75) is 6.10 Å². The second-order valence-electron chi connectivity index (χ2n) is 6.28.